The van der Waals surface area contributed by atoms with Crippen LogP contribution in [0.1, 0.15) is 6.92 Å². The minimum atomic E-state index is 0.574. The monoisotopic (exact) mass is 173 g/mol. The van der Waals surface area contributed by atoms with Crippen LogP contribution in [-0.4, -0.2) is 45.5 Å². The van der Waals surface area contributed by atoms with Crippen LogP contribution in [0.2, 0.25) is 0 Å². The molecule has 0 fully saturated rings. The van der Waals surface area contributed by atoms with Gasteiger partial charge in [0.15, 0.2) is 0 Å². The second-order valence-corrected chi connectivity index (χ2v) is 2.76. The Hall–Kier alpha value is -0.670. The summed E-state index contributed by atoms with van der Waals surface area (Å²) < 4.78 is 4.81. The van der Waals surface area contributed by atoms with Crippen molar-refractivity contribution in [2.24, 2.45) is 0 Å². The van der Waals surface area contributed by atoms with Gasteiger partial charge in [0.2, 0.25) is 0 Å². The van der Waals surface area contributed by atoms with Crippen molar-refractivity contribution in [2.75, 3.05) is 34.4 Å². The molecule has 0 aromatic carbocycles. The summed E-state index contributed by atoms with van der Waals surface area (Å²) >= 11 is 0. The van der Waals surface area contributed by atoms with Crippen molar-refractivity contribution in [3.63, 3.8) is 0 Å². The Kier molecular flexibility index (Phi) is 12.0. The van der Waals surface area contributed by atoms with Gasteiger partial charge in [-0.25, -0.2) is 0 Å². The van der Waals surface area contributed by atoms with E-state index in [1.54, 1.807) is 14.0 Å². The van der Waals surface area contributed by atoms with Crippen molar-refractivity contribution in [3.8, 4) is 0 Å². The molecule has 0 amide bonds. The summed E-state index contributed by atoms with van der Waals surface area (Å²) in [5.74, 6) is 0. The lowest BCUT2D eigenvalue weighted by molar-refractivity contribution is -0.104. The molecule has 0 aromatic heterocycles. The molecule has 0 aliphatic heterocycles. The largest absolute Gasteiger partial charge is 0.383 e. The van der Waals surface area contributed by atoms with Crippen molar-refractivity contribution in [2.45, 2.75) is 6.92 Å². The Morgan fingerprint density at radius 1 is 1.58 bits per heavy atom. The van der Waals surface area contributed by atoms with Crippen molar-refractivity contribution >= 4 is 6.29 Å². The summed E-state index contributed by atoms with van der Waals surface area (Å²) in [6.45, 7) is 6.80. The fourth-order valence-corrected chi connectivity index (χ4v) is 0.274. The van der Waals surface area contributed by atoms with E-state index in [9.17, 15) is 4.79 Å². The number of allylic oxidation sites excluding steroid dienone is 1. The molecule has 0 atom stereocenters. The highest BCUT2D eigenvalue weighted by atomic mass is 16.5. The molecule has 0 unspecified atom stereocenters. The van der Waals surface area contributed by atoms with Gasteiger partial charge in [0, 0.05) is 13.7 Å². The first-order chi connectivity index (χ1) is 5.54. The maximum Gasteiger partial charge on any atom is 0.145 e. The average Bonchev–Trinajstić information content (AvgIpc) is 2.02. The van der Waals surface area contributed by atoms with Crippen molar-refractivity contribution in [1.82, 2.24) is 4.90 Å². The third-order valence-electron chi connectivity index (χ3n) is 0.944. The van der Waals surface area contributed by atoms with E-state index in [4.69, 9.17) is 4.74 Å². The van der Waals surface area contributed by atoms with Crippen LogP contribution in [-0.2, 0) is 9.53 Å². The molecule has 0 spiro atoms. The van der Waals surface area contributed by atoms with Crippen LogP contribution < -0.4 is 0 Å². The Morgan fingerprint density at radius 2 is 2.00 bits per heavy atom. The molecule has 0 N–H and O–H groups in total. The number of nitrogens with zero attached hydrogens (tertiary/aromatic N) is 1. The zero-order valence-corrected chi connectivity index (χ0v) is 8.46. The number of hydrogen-bond acceptors (Lipinski definition) is 3. The van der Waals surface area contributed by atoms with Crippen LogP contribution in [0.3, 0.4) is 0 Å². The van der Waals surface area contributed by atoms with E-state index in [0.717, 1.165) is 19.4 Å². The first-order valence-electron chi connectivity index (χ1n) is 3.79. The number of ether oxygens (including phenoxy) is 1. The second-order valence-electron chi connectivity index (χ2n) is 2.76. The van der Waals surface area contributed by atoms with Crippen LogP contribution in [0.15, 0.2) is 12.2 Å². The van der Waals surface area contributed by atoms with Gasteiger partial charge in [-0.1, -0.05) is 6.58 Å². The molecule has 0 saturated heterocycles. The van der Waals surface area contributed by atoms with E-state index < -0.39 is 0 Å². The molecule has 0 aromatic rings. The van der Waals surface area contributed by atoms with Gasteiger partial charge < -0.3 is 9.64 Å². The molecule has 72 valence electrons. The number of carbonyl (C=O) groups excluding carboxylic acids is 1. The Morgan fingerprint density at radius 3 is 2.08 bits per heavy atom. The molecule has 0 heterocycles. The van der Waals surface area contributed by atoms with E-state index in [-0.39, 0.29) is 0 Å². The Labute approximate surface area is 75.0 Å². The highest BCUT2D eigenvalue weighted by Crippen LogP contribution is 1.72. The lowest BCUT2D eigenvalue weighted by Gasteiger charge is -2.06. The van der Waals surface area contributed by atoms with Gasteiger partial charge in [0.1, 0.15) is 6.29 Å². The van der Waals surface area contributed by atoms with Gasteiger partial charge in [0.25, 0.3) is 0 Å². The van der Waals surface area contributed by atoms with Crippen LogP contribution in [0.4, 0.5) is 0 Å². The van der Waals surface area contributed by atoms with Crippen LogP contribution in [0.25, 0.3) is 0 Å². The number of aldehydes is 1. The van der Waals surface area contributed by atoms with Crippen molar-refractivity contribution in [3.05, 3.63) is 12.2 Å². The topological polar surface area (TPSA) is 29.5 Å². The first-order valence-corrected chi connectivity index (χ1v) is 3.79. The van der Waals surface area contributed by atoms with Crippen molar-refractivity contribution < 1.29 is 9.53 Å². The van der Waals surface area contributed by atoms with Gasteiger partial charge in [-0.15, -0.1) is 0 Å². The standard InChI is InChI=1S/C5H13NO.C4H6O/c1-6(2)4-5-7-3;1-4(2)3-5/h4-5H2,1-3H3;3H,1H2,2H3. The Balaban J connectivity index is 0. The van der Waals surface area contributed by atoms with E-state index in [0.29, 0.717) is 5.57 Å². The normalized spacial score (nSPS) is 8.75. The van der Waals surface area contributed by atoms with Gasteiger partial charge in [-0.05, 0) is 26.6 Å². The van der Waals surface area contributed by atoms with Gasteiger partial charge in [-0.2, -0.15) is 0 Å². The lowest BCUT2D eigenvalue weighted by atomic mass is 10.4. The SMILES string of the molecule is C=C(C)C=O.COCCN(C)C. The van der Waals surface area contributed by atoms with Gasteiger partial charge >= 0.3 is 0 Å². The van der Waals surface area contributed by atoms with Gasteiger partial charge in [0.05, 0.1) is 6.61 Å². The third-order valence-corrected chi connectivity index (χ3v) is 0.944. The number of carbonyl (C=O) groups is 1. The summed E-state index contributed by atoms with van der Waals surface area (Å²) in [6.07, 6.45) is 0.722. The predicted molar refractivity (Wildman–Crippen MR) is 51.3 cm³/mol. The molecule has 0 radical (unpaired) electrons. The molecule has 0 bridgehead atoms. The summed E-state index contributed by atoms with van der Waals surface area (Å²) in [5.41, 5.74) is 0.574. The van der Waals surface area contributed by atoms with Crippen LogP contribution in [0.5, 0.6) is 0 Å². The first kappa shape index (κ1) is 13.9. The van der Waals surface area contributed by atoms with Crippen LogP contribution >= 0.6 is 0 Å². The summed E-state index contributed by atoms with van der Waals surface area (Å²) in [5, 5.41) is 0. The molecule has 12 heavy (non-hydrogen) atoms. The fraction of sp³-hybridized carbons (Fsp3) is 0.667. The maximum atomic E-state index is 9.41. The smallest absolute Gasteiger partial charge is 0.145 e. The zero-order chi connectivity index (χ0) is 9.98. The van der Waals surface area contributed by atoms with E-state index in [2.05, 4.69) is 11.5 Å². The number of hydrogen-bond donors (Lipinski definition) is 0. The van der Waals surface area contributed by atoms with Crippen molar-refractivity contribution in [1.29, 1.82) is 0 Å². The number of rotatable bonds is 4. The predicted octanol–water partition coefficient (Wildman–Crippen LogP) is 0.956. The molecule has 3 nitrogen and oxygen atoms in total. The Bertz CT molecular complexity index is 122. The molecule has 0 rings (SSSR count). The molecule has 3 heteroatoms. The molecule has 0 aliphatic rings. The molecular weight excluding hydrogens is 154 g/mol. The minimum absolute atomic E-state index is 0.574. The van der Waals surface area contributed by atoms with E-state index in [1.807, 2.05) is 14.1 Å². The number of likely N-dealkylation sites (N-methyl/N-ethyl adjacent to an activating group) is 1. The highest BCUT2D eigenvalue weighted by Gasteiger charge is 1.83. The van der Waals surface area contributed by atoms with E-state index >= 15 is 0 Å². The van der Waals surface area contributed by atoms with E-state index in [1.165, 1.54) is 0 Å². The van der Waals surface area contributed by atoms with Gasteiger partial charge in [-0.3, -0.25) is 4.79 Å². The number of methoxy groups -OCH3 is 1. The average molecular weight is 173 g/mol. The molecule has 0 saturated carbocycles. The fourth-order valence-electron chi connectivity index (χ4n) is 0.274. The maximum absolute atomic E-state index is 9.41. The molecular formula is C9H19NO2. The highest BCUT2D eigenvalue weighted by molar-refractivity contribution is 5.70. The minimum Gasteiger partial charge on any atom is -0.383 e. The lowest BCUT2D eigenvalue weighted by Crippen LogP contribution is -2.16. The molecule has 0 aliphatic carbocycles. The second kappa shape index (κ2) is 10.3. The summed E-state index contributed by atoms with van der Waals surface area (Å²) in [4.78, 5) is 11.5. The summed E-state index contributed by atoms with van der Waals surface area (Å²) in [6, 6.07) is 0. The zero-order valence-electron chi connectivity index (χ0n) is 8.46. The summed E-state index contributed by atoms with van der Waals surface area (Å²) in [7, 11) is 5.77. The quantitative estimate of drug-likeness (QED) is 0.468. The third kappa shape index (κ3) is 22.8. The van der Waals surface area contributed by atoms with Crippen LogP contribution in [0, 0.1) is 0 Å².